The van der Waals surface area contributed by atoms with Crippen LogP contribution >= 0.6 is 22.6 Å². The molecule has 104 valence electrons. The molecule has 0 aliphatic carbocycles. The van der Waals surface area contributed by atoms with Gasteiger partial charge in [0.05, 0.1) is 0 Å². The molecule has 3 aromatic carbocycles. The predicted octanol–water partition coefficient (Wildman–Crippen LogP) is 6.24. The highest BCUT2D eigenvalue weighted by Gasteiger charge is 2.05. The van der Waals surface area contributed by atoms with Gasteiger partial charge in [0.1, 0.15) is 0 Å². The second-order valence-corrected chi connectivity index (χ2v) is 6.59. The van der Waals surface area contributed by atoms with Crippen LogP contribution in [0.15, 0.2) is 66.7 Å². The molecular formula is C20H17I. The Kier molecular flexibility index (Phi) is 4.11. The molecule has 0 aromatic heterocycles. The molecule has 0 bridgehead atoms. The molecule has 3 rings (SSSR count). The average molecular weight is 384 g/mol. The van der Waals surface area contributed by atoms with Gasteiger partial charge in [-0.2, -0.15) is 0 Å². The van der Waals surface area contributed by atoms with E-state index in [1.54, 1.807) is 0 Å². The SMILES string of the molecule is Cc1ccc(-c2cccc(-c3ccc(C)cc3I)c2)cc1. The first-order valence-electron chi connectivity index (χ1n) is 7.07. The minimum Gasteiger partial charge on any atom is -0.0610 e. The molecule has 3 aromatic rings. The fraction of sp³-hybridized carbons (Fsp3) is 0.100. The summed E-state index contributed by atoms with van der Waals surface area (Å²) in [5.41, 5.74) is 7.71. The lowest BCUT2D eigenvalue weighted by molar-refractivity contribution is 1.44. The van der Waals surface area contributed by atoms with Crippen molar-refractivity contribution in [2.24, 2.45) is 0 Å². The van der Waals surface area contributed by atoms with E-state index < -0.39 is 0 Å². The van der Waals surface area contributed by atoms with Gasteiger partial charge in [0.15, 0.2) is 0 Å². The first-order chi connectivity index (χ1) is 10.1. The van der Waals surface area contributed by atoms with Gasteiger partial charge in [-0.25, -0.2) is 0 Å². The molecule has 0 nitrogen and oxygen atoms in total. The summed E-state index contributed by atoms with van der Waals surface area (Å²) in [6, 6.07) is 24.1. The predicted molar refractivity (Wildman–Crippen MR) is 99.5 cm³/mol. The first kappa shape index (κ1) is 14.3. The van der Waals surface area contributed by atoms with E-state index in [2.05, 4.69) is 103 Å². The molecular weight excluding hydrogens is 367 g/mol. The monoisotopic (exact) mass is 384 g/mol. The fourth-order valence-corrected chi connectivity index (χ4v) is 3.45. The zero-order chi connectivity index (χ0) is 14.8. The van der Waals surface area contributed by atoms with E-state index in [4.69, 9.17) is 0 Å². The largest absolute Gasteiger partial charge is 0.0610 e. The van der Waals surface area contributed by atoms with Crippen LogP contribution in [0.25, 0.3) is 22.3 Å². The molecule has 0 amide bonds. The van der Waals surface area contributed by atoms with Crippen LogP contribution in [0.1, 0.15) is 11.1 Å². The number of halogens is 1. The van der Waals surface area contributed by atoms with Gasteiger partial charge in [0.25, 0.3) is 0 Å². The van der Waals surface area contributed by atoms with Crippen LogP contribution in [0.5, 0.6) is 0 Å². The minimum atomic E-state index is 1.27. The molecule has 0 fully saturated rings. The molecule has 21 heavy (non-hydrogen) atoms. The summed E-state index contributed by atoms with van der Waals surface area (Å²) < 4.78 is 1.30. The Morgan fingerprint density at radius 2 is 1.29 bits per heavy atom. The zero-order valence-corrected chi connectivity index (χ0v) is 14.4. The van der Waals surface area contributed by atoms with Gasteiger partial charge in [0.2, 0.25) is 0 Å². The molecule has 0 heterocycles. The summed E-state index contributed by atoms with van der Waals surface area (Å²) in [4.78, 5) is 0. The van der Waals surface area contributed by atoms with Crippen LogP contribution in [-0.4, -0.2) is 0 Å². The van der Waals surface area contributed by atoms with E-state index in [1.807, 2.05) is 0 Å². The number of hydrogen-bond donors (Lipinski definition) is 0. The number of benzene rings is 3. The summed E-state index contributed by atoms with van der Waals surface area (Å²) in [6.07, 6.45) is 0. The highest BCUT2D eigenvalue weighted by molar-refractivity contribution is 14.1. The van der Waals surface area contributed by atoms with Crippen molar-refractivity contribution in [3.05, 3.63) is 81.4 Å². The molecule has 0 saturated heterocycles. The molecule has 0 aliphatic rings. The molecule has 0 unspecified atom stereocenters. The molecule has 0 spiro atoms. The Hall–Kier alpha value is -1.61. The minimum absolute atomic E-state index is 1.27. The molecule has 0 atom stereocenters. The summed E-state index contributed by atoms with van der Waals surface area (Å²) >= 11 is 2.42. The average Bonchev–Trinajstić information content (AvgIpc) is 2.48. The van der Waals surface area contributed by atoms with Gasteiger partial charge in [-0.3, -0.25) is 0 Å². The van der Waals surface area contributed by atoms with Gasteiger partial charge in [-0.05, 0) is 70.8 Å². The Labute approximate surface area is 140 Å². The van der Waals surface area contributed by atoms with E-state index in [0.29, 0.717) is 0 Å². The van der Waals surface area contributed by atoms with Crippen molar-refractivity contribution < 1.29 is 0 Å². The summed E-state index contributed by atoms with van der Waals surface area (Å²) in [6.45, 7) is 4.25. The molecule has 1 heteroatoms. The zero-order valence-electron chi connectivity index (χ0n) is 12.2. The number of hydrogen-bond acceptors (Lipinski definition) is 0. The maximum Gasteiger partial charge on any atom is 0.0211 e. The lowest BCUT2D eigenvalue weighted by atomic mass is 9.98. The van der Waals surface area contributed by atoms with Crippen molar-refractivity contribution in [3.63, 3.8) is 0 Å². The van der Waals surface area contributed by atoms with Gasteiger partial charge >= 0.3 is 0 Å². The number of aryl methyl sites for hydroxylation is 2. The Morgan fingerprint density at radius 3 is 2.00 bits per heavy atom. The van der Waals surface area contributed by atoms with E-state index >= 15 is 0 Å². The smallest absolute Gasteiger partial charge is 0.0211 e. The molecule has 0 aliphatic heterocycles. The van der Waals surface area contributed by atoms with Crippen molar-refractivity contribution >= 4 is 22.6 Å². The summed E-state index contributed by atoms with van der Waals surface area (Å²) in [5, 5.41) is 0. The quantitative estimate of drug-likeness (QED) is 0.459. The highest BCUT2D eigenvalue weighted by Crippen LogP contribution is 2.30. The Balaban J connectivity index is 2.05. The highest BCUT2D eigenvalue weighted by atomic mass is 127. The number of rotatable bonds is 2. The second-order valence-electron chi connectivity index (χ2n) is 5.43. The Morgan fingerprint density at radius 1 is 0.619 bits per heavy atom. The van der Waals surface area contributed by atoms with Crippen molar-refractivity contribution in [1.82, 2.24) is 0 Å². The van der Waals surface area contributed by atoms with Gasteiger partial charge in [-0.15, -0.1) is 0 Å². The molecule has 0 N–H and O–H groups in total. The second kappa shape index (κ2) is 6.02. The van der Waals surface area contributed by atoms with Crippen LogP contribution in [0.2, 0.25) is 0 Å². The topological polar surface area (TPSA) is 0 Å². The van der Waals surface area contributed by atoms with Crippen molar-refractivity contribution in [1.29, 1.82) is 0 Å². The Bertz CT molecular complexity index is 770. The normalized spacial score (nSPS) is 10.6. The van der Waals surface area contributed by atoms with Gasteiger partial charge < -0.3 is 0 Å². The third kappa shape index (κ3) is 3.18. The van der Waals surface area contributed by atoms with Crippen LogP contribution in [-0.2, 0) is 0 Å². The van der Waals surface area contributed by atoms with Crippen molar-refractivity contribution in [2.45, 2.75) is 13.8 Å². The van der Waals surface area contributed by atoms with E-state index in [0.717, 1.165) is 0 Å². The molecule has 0 radical (unpaired) electrons. The van der Waals surface area contributed by atoms with Crippen LogP contribution < -0.4 is 0 Å². The van der Waals surface area contributed by atoms with Gasteiger partial charge in [0, 0.05) is 3.57 Å². The van der Waals surface area contributed by atoms with Crippen LogP contribution in [0.3, 0.4) is 0 Å². The van der Waals surface area contributed by atoms with E-state index in [1.165, 1.54) is 37.0 Å². The van der Waals surface area contributed by atoms with Crippen LogP contribution in [0.4, 0.5) is 0 Å². The van der Waals surface area contributed by atoms with Crippen molar-refractivity contribution in [3.8, 4) is 22.3 Å². The maximum absolute atomic E-state index is 2.42. The van der Waals surface area contributed by atoms with Crippen LogP contribution in [0, 0.1) is 17.4 Å². The first-order valence-corrected chi connectivity index (χ1v) is 8.15. The summed E-state index contributed by atoms with van der Waals surface area (Å²) in [5.74, 6) is 0. The van der Waals surface area contributed by atoms with Gasteiger partial charge in [-0.1, -0.05) is 65.7 Å². The lowest BCUT2D eigenvalue weighted by Crippen LogP contribution is -1.86. The maximum atomic E-state index is 2.42. The third-order valence-corrected chi connectivity index (χ3v) is 4.58. The third-order valence-electron chi connectivity index (χ3n) is 3.68. The lowest BCUT2D eigenvalue weighted by Gasteiger charge is -2.09. The summed E-state index contributed by atoms with van der Waals surface area (Å²) in [7, 11) is 0. The standard InChI is InChI=1S/C20H17I/c1-14-6-9-16(10-7-14)17-4-3-5-18(13-17)19-11-8-15(2)12-20(19)21/h3-13H,1-2H3. The van der Waals surface area contributed by atoms with E-state index in [-0.39, 0.29) is 0 Å². The fourth-order valence-electron chi connectivity index (χ4n) is 2.47. The van der Waals surface area contributed by atoms with E-state index in [9.17, 15) is 0 Å². The molecule has 0 saturated carbocycles. The van der Waals surface area contributed by atoms with Crippen molar-refractivity contribution in [2.75, 3.05) is 0 Å².